The smallest absolute Gasteiger partial charge is 0.250 e. The SMILES string of the molecule is CC[C@@]12CCC3(O1)C(C(=O)Nc1ccccc1Cl)N([C@@H](CO)C(C)C)C(=O)[C@@H]3[C@@H]2C(=O)Nc1ccccc1. The van der Waals surface area contributed by atoms with E-state index in [9.17, 15) is 19.5 Å². The van der Waals surface area contributed by atoms with Gasteiger partial charge in [0.15, 0.2) is 0 Å². The van der Waals surface area contributed by atoms with Gasteiger partial charge in [0.2, 0.25) is 17.7 Å². The molecule has 3 saturated heterocycles. The molecule has 3 amide bonds. The first kappa shape index (κ1) is 26.7. The number of aliphatic hydroxyl groups excluding tert-OH is 1. The fraction of sp³-hybridized carbons (Fsp3) is 0.483. The number of halogens is 1. The molecule has 3 heterocycles. The van der Waals surface area contributed by atoms with E-state index in [4.69, 9.17) is 16.3 Å². The van der Waals surface area contributed by atoms with Crippen molar-refractivity contribution in [2.45, 2.75) is 63.3 Å². The second-order valence-corrected chi connectivity index (χ2v) is 11.3. The number of hydrogen-bond donors (Lipinski definition) is 3. The zero-order valence-electron chi connectivity index (χ0n) is 21.8. The molecule has 3 aliphatic rings. The lowest BCUT2D eigenvalue weighted by Crippen LogP contribution is -2.57. The Bertz CT molecular complexity index is 1240. The summed E-state index contributed by atoms with van der Waals surface area (Å²) in [6.45, 7) is 5.43. The Labute approximate surface area is 227 Å². The maximum atomic E-state index is 14.3. The highest BCUT2D eigenvalue weighted by molar-refractivity contribution is 6.33. The number of para-hydroxylation sites is 2. The molecule has 3 fully saturated rings. The summed E-state index contributed by atoms with van der Waals surface area (Å²) in [7, 11) is 0. The van der Waals surface area contributed by atoms with Gasteiger partial charge in [0, 0.05) is 5.69 Å². The predicted octanol–water partition coefficient (Wildman–Crippen LogP) is 4.09. The van der Waals surface area contributed by atoms with Crippen molar-refractivity contribution in [1.29, 1.82) is 0 Å². The first-order valence-electron chi connectivity index (χ1n) is 13.2. The van der Waals surface area contributed by atoms with Crippen molar-refractivity contribution in [3.8, 4) is 0 Å². The van der Waals surface area contributed by atoms with E-state index in [0.29, 0.717) is 35.7 Å². The maximum Gasteiger partial charge on any atom is 0.250 e. The quantitative estimate of drug-likeness (QED) is 0.468. The number of ether oxygens (including phenoxy) is 1. The zero-order valence-corrected chi connectivity index (χ0v) is 22.6. The van der Waals surface area contributed by atoms with Crippen molar-refractivity contribution in [2.75, 3.05) is 17.2 Å². The minimum Gasteiger partial charge on any atom is -0.394 e. The Morgan fingerprint density at radius 1 is 1.08 bits per heavy atom. The third kappa shape index (κ3) is 4.01. The minimum atomic E-state index is -1.20. The van der Waals surface area contributed by atoms with Gasteiger partial charge in [-0.15, -0.1) is 0 Å². The fourth-order valence-corrected chi connectivity index (χ4v) is 7.02. The van der Waals surface area contributed by atoms with Crippen molar-refractivity contribution in [3.63, 3.8) is 0 Å². The number of aliphatic hydroxyl groups is 1. The molecule has 2 aromatic rings. The molecule has 38 heavy (non-hydrogen) atoms. The van der Waals surface area contributed by atoms with Crippen LogP contribution in [0.3, 0.4) is 0 Å². The predicted molar refractivity (Wildman–Crippen MR) is 145 cm³/mol. The summed E-state index contributed by atoms with van der Waals surface area (Å²) < 4.78 is 6.77. The second-order valence-electron chi connectivity index (χ2n) is 10.9. The number of likely N-dealkylation sites (tertiary alicyclic amines) is 1. The molecule has 6 atom stereocenters. The van der Waals surface area contributed by atoms with Gasteiger partial charge < -0.3 is 25.4 Å². The Balaban J connectivity index is 1.58. The summed E-state index contributed by atoms with van der Waals surface area (Å²) in [5.74, 6) is -2.83. The number of rotatable bonds is 8. The highest BCUT2D eigenvalue weighted by Crippen LogP contribution is 2.64. The van der Waals surface area contributed by atoms with E-state index in [0.717, 1.165) is 0 Å². The molecule has 0 radical (unpaired) electrons. The Hall–Kier alpha value is -2.94. The molecule has 9 heteroatoms. The normalized spacial score (nSPS) is 30.4. The van der Waals surface area contributed by atoms with Crippen LogP contribution in [0.25, 0.3) is 0 Å². The van der Waals surface area contributed by atoms with Gasteiger partial charge in [-0.05, 0) is 49.4 Å². The first-order chi connectivity index (χ1) is 18.2. The molecule has 5 rings (SSSR count). The fourth-order valence-electron chi connectivity index (χ4n) is 6.84. The lowest BCUT2D eigenvalue weighted by atomic mass is 9.65. The number of fused-ring (bicyclic) bond motifs is 1. The average molecular weight is 540 g/mol. The van der Waals surface area contributed by atoms with Crippen molar-refractivity contribution in [1.82, 2.24) is 4.90 Å². The highest BCUT2D eigenvalue weighted by Gasteiger charge is 2.79. The largest absolute Gasteiger partial charge is 0.394 e. The van der Waals surface area contributed by atoms with Crippen LogP contribution >= 0.6 is 11.6 Å². The van der Waals surface area contributed by atoms with Gasteiger partial charge in [-0.25, -0.2) is 0 Å². The number of anilines is 2. The Morgan fingerprint density at radius 3 is 2.39 bits per heavy atom. The van der Waals surface area contributed by atoms with Gasteiger partial charge in [0.05, 0.1) is 40.8 Å². The molecule has 1 spiro atoms. The molecular weight excluding hydrogens is 506 g/mol. The Morgan fingerprint density at radius 2 is 1.76 bits per heavy atom. The summed E-state index contributed by atoms with van der Waals surface area (Å²) in [4.78, 5) is 43.6. The molecule has 0 aliphatic carbocycles. The van der Waals surface area contributed by atoms with Crippen LogP contribution in [0.4, 0.5) is 11.4 Å². The number of carbonyl (C=O) groups excluding carboxylic acids is 3. The van der Waals surface area contributed by atoms with E-state index in [2.05, 4.69) is 10.6 Å². The lowest BCUT2D eigenvalue weighted by Gasteiger charge is -2.38. The summed E-state index contributed by atoms with van der Waals surface area (Å²) in [5, 5.41) is 16.6. The third-order valence-electron chi connectivity index (χ3n) is 8.64. The minimum absolute atomic E-state index is 0.135. The van der Waals surface area contributed by atoms with E-state index in [1.54, 1.807) is 36.4 Å². The molecule has 202 valence electrons. The van der Waals surface area contributed by atoms with Crippen LogP contribution in [0, 0.1) is 17.8 Å². The van der Waals surface area contributed by atoms with Crippen LogP contribution < -0.4 is 10.6 Å². The number of nitrogens with one attached hydrogen (secondary N) is 2. The van der Waals surface area contributed by atoms with Crippen molar-refractivity contribution in [2.24, 2.45) is 17.8 Å². The molecule has 3 N–H and O–H groups in total. The summed E-state index contributed by atoms with van der Waals surface area (Å²) in [5.41, 5.74) is -1.00. The van der Waals surface area contributed by atoms with E-state index in [1.165, 1.54) is 4.90 Å². The lowest BCUT2D eigenvalue weighted by molar-refractivity contribution is -0.149. The van der Waals surface area contributed by atoms with Gasteiger partial charge in [-0.1, -0.05) is 62.7 Å². The van der Waals surface area contributed by atoms with Crippen LogP contribution in [0.5, 0.6) is 0 Å². The van der Waals surface area contributed by atoms with Crippen LogP contribution in [0.15, 0.2) is 54.6 Å². The van der Waals surface area contributed by atoms with E-state index in [-0.39, 0.29) is 24.3 Å². The van der Waals surface area contributed by atoms with E-state index >= 15 is 0 Å². The molecule has 3 aliphatic heterocycles. The van der Waals surface area contributed by atoms with Crippen molar-refractivity contribution < 1.29 is 24.2 Å². The summed E-state index contributed by atoms with van der Waals surface area (Å²) >= 11 is 6.34. The first-order valence-corrected chi connectivity index (χ1v) is 13.6. The van der Waals surface area contributed by atoms with E-state index < -0.39 is 41.0 Å². The maximum absolute atomic E-state index is 14.3. The van der Waals surface area contributed by atoms with Crippen LogP contribution in [0.1, 0.15) is 40.0 Å². The number of amides is 3. The number of hydrogen-bond acceptors (Lipinski definition) is 5. The number of nitrogens with zero attached hydrogens (tertiary/aromatic N) is 1. The molecule has 2 bridgehead atoms. The van der Waals surface area contributed by atoms with Gasteiger partial charge >= 0.3 is 0 Å². The summed E-state index contributed by atoms with van der Waals surface area (Å²) in [6.07, 6.45) is 1.53. The van der Waals surface area contributed by atoms with Crippen LogP contribution in [0.2, 0.25) is 5.02 Å². The molecular formula is C29H34ClN3O5. The average Bonchev–Trinajstić information content (AvgIpc) is 3.50. The van der Waals surface area contributed by atoms with Gasteiger partial charge in [0.25, 0.3) is 0 Å². The van der Waals surface area contributed by atoms with Crippen LogP contribution in [-0.2, 0) is 19.1 Å². The number of benzene rings is 2. The number of carbonyl (C=O) groups is 3. The summed E-state index contributed by atoms with van der Waals surface area (Å²) in [6, 6.07) is 14.4. The molecule has 8 nitrogen and oxygen atoms in total. The third-order valence-corrected chi connectivity index (χ3v) is 8.97. The van der Waals surface area contributed by atoms with Gasteiger partial charge in [0.1, 0.15) is 11.6 Å². The highest BCUT2D eigenvalue weighted by atomic mass is 35.5. The van der Waals surface area contributed by atoms with E-state index in [1.807, 2.05) is 39.0 Å². The second kappa shape index (κ2) is 9.98. The standard InChI is InChI=1S/C29H34ClN3O5/c1-4-28-14-15-29(38-28)23(22(28)25(35)31-18-10-6-5-7-11-18)27(37)33(21(16-34)17(2)3)24(29)26(36)32-20-13-9-8-12-19(20)30/h5-13,17,21-24,34H,4,14-16H2,1-3H3,(H,31,35)(H,32,36)/t21-,22+,23-,24?,28-,29?/m0/s1. The topological polar surface area (TPSA) is 108 Å². The van der Waals surface area contributed by atoms with Crippen LogP contribution in [-0.4, -0.2) is 57.6 Å². The Kier molecular flexibility index (Phi) is 7.00. The monoisotopic (exact) mass is 539 g/mol. The van der Waals surface area contributed by atoms with Crippen molar-refractivity contribution >= 4 is 40.7 Å². The molecule has 0 aromatic heterocycles. The van der Waals surface area contributed by atoms with Gasteiger partial charge in [-0.3, -0.25) is 14.4 Å². The van der Waals surface area contributed by atoms with Gasteiger partial charge in [-0.2, -0.15) is 0 Å². The molecule has 0 saturated carbocycles. The zero-order chi connectivity index (χ0) is 27.2. The molecule has 2 aromatic carbocycles. The molecule has 2 unspecified atom stereocenters. The van der Waals surface area contributed by atoms with Crippen molar-refractivity contribution in [3.05, 3.63) is 59.6 Å².